The first kappa shape index (κ1) is 11.0. The molecule has 0 radical (unpaired) electrons. The van der Waals surface area contributed by atoms with E-state index < -0.39 is 12.0 Å². The Morgan fingerprint density at radius 3 is 2.93 bits per heavy atom. The Hall–Kier alpha value is -1.12. The second-order valence-corrected chi connectivity index (χ2v) is 3.31. The summed E-state index contributed by atoms with van der Waals surface area (Å²) in [6.07, 6.45) is -0.179. The minimum atomic E-state index is -0.657. The number of nitrogens with one attached hydrogen (secondary N) is 1. The van der Waals surface area contributed by atoms with Gasteiger partial charge in [0.25, 0.3) is 0 Å². The van der Waals surface area contributed by atoms with E-state index in [0.717, 1.165) is 0 Å². The van der Waals surface area contributed by atoms with Crippen LogP contribution in [0.3, 0.4) is 0 Å². The van der Waals surface area contributed by atoms with Crippen LogP contribution in [0.25, 0.3) is 0 Å². The van der Waals surface area contributed by atoms with Gasteiger partial charge in [-0.05, 0) is 6.42 Å². The van der Waals surface area contributed by atoms with Crippen molar-refractivity contribution >= 4 is 5.91 Å². The van der Waals surface area contributed by atoms with E-state index in [1.54, 1.807) is 6.92 Å². The molecule has 78 valence electrons. The second kappa shape index (κ2) is 4.94. The van der Waals surface area contributed by atoms with Crippen molar-refractivity contribution < 1.29 is 14.6 Å². The fourth-order valence-electron chi connectivity index (χ4n) is 1.30. The van der Waals surface area contributed by atoms with Gasteiger partial charge in [-0.3, -0.25) is 4.79 Å². The zero-order chi connectivity index (χ0) is 10.6. The maximum absolute atomic E-state index is 11.4. The zero-order valence-corrected chi connectivity index (χ0v) is 8.06. The molecule has 0 aromatic carbocycles. The molecular formula is C9H14N2O3. The largest absolute Gasteiger partial charge is 0.388 e. The molecule has 1 amide bonds. The van der Waals surface area contributed by atoms with Crippen molar-refractivity contribution in [1.29, 1.82) is 5.26 Å². The van der Waals surface area contributed by atoms with Crippen molar-refractivity contribution in [3.05, 3.63) is 0 Å². The number of ether oxygens (including phenoxy) is 1. The smallest absolute Gasteiger partial charge is 0.237 e. The third-order valence-corrected chi connectivity index (χ3v) is 2.26. The summed E-state index contributed by atoms with van der Waals surface area (Å²) in [4.78, 5) is 11.4. The molecule has 1 fully saturated rings. The van der Waals surface area contributed by atoms with Gasteiger partial charge in [-0.2, -0.15) is 5.26 Å². The van der Waals surface area contributed by atoms with Crippen LogP contribution in [0.15, 0.2) is 0 Å². The second-order valence-electron chi connectivity index (χ2n) is 3.31. The van der Waals surface area contributed by atoms with Crippen LogP contribution in [0.2, 0.25) is 0 Å². The molecular weight excluding hydrogens is 184 g/mol. The predicted molar refractivity (Wildman–Crippen MR) is 48.2 cm³/mol. The number of hydrogen-bond acceptors (Lipinski definition) is 4. The van der Waals surface area contributed by atoms with Crippen LogP contribution in [-0.2, 0) is 9.53 Å². The van der Waals surface area contributed by atoms with E-state index in [1.807, 2.05) is 6.07 Å². The van der Waals surface area contributed by atoms with Crippen molar-refractivity contribution in [3.8, 4) is 6.07 Å². The van der Waals surface area contributed by atoms with Gasteiger partial charge in [-0.1, -0.05) is 6.92 Å². The third-order valence-electron chi connectivity index (χ3n) is 2.26. The summed E-state index contributed by atoms with van der Waals surface area (Å²) in [5.74, 6) is -0.965. The van der Waals surface area contributed by atoms with E-state index >= 15 is 0 Å². The molecule has 5 nitrogen and oxygen atoms in total. The quantitative estimate of drug-likeness (QED) is 0.635. The number of carbonyl (C=O) groups excluding carboxylic acids is 1. The highest BCUT2D eigenvalue weighted by Crippen LogP contribution is 2.07. The molecule has 0 spiro atoms. The number of amides is 1. The van der Waals surface area contributed by atoms with Crippen LogP contribution >= 0.6 is 0 Å². The Kier molecular flexibility index (Phi) is 3.86. The van der Waals surface area contributed by atoms with E-state index in [4.69, 9.17) is 10.00 Å². The lowest BCUT2D eigenvalue weighted by Gasteiger charge is -2.15. The van der Waals surface area contributed by atoms with Gasteiger partial charge in [0.05, 0.1) is 31.4 Å². The number of nitriles is 1. The Balaban J connectivity index is 2.44. The number of rotatable bonds is 3. The lowest BCUT2D eigenvalue weighted by Crippen LogP contribution is -2.44. The van der Waals surface area contributed by atoms with Crippen LogP contribution in [0.4, 0.5) is 0 Å². The maximum atomic E-state index is 11.4. The summed E-state index contributed by atoms with van der Waals surface area (Å²) in [6.45, 7) is 2.33. The number of hydrogen-bond donors (Lipinski definition) is 2. The Bertz CT molecular complexity index is 249. The van der Waals surface area contributed by atoms with Crippen LogP contribution < -0.4 is 5.32 Å². The molecule has 5 heteroatoms. The highest BCUT2D eigenvalue weighted by atomic mass is 16.5. The molecule has 1 heterocycles. The molecule has 3 unspecified atom stereocenters. The van der Waals surface area contributed by atoms with Gasteiger partial charge in [0.15, 0.2) is 0 Å². The third kappa shape index (κ3) is 2.44. The molecule has 0 aromatic heterocycles. The average molecular weight is 198 g/mol. The minimum absolute atomic E-state index is 0.244. The van der Waals surface area contributed by atoms with E-state index in [0.29, 0.717) is 13.0 Å². The van der Waals surface area contributed by atoms with E-state index in [9.17, 15) is 9.90 Å². The van der Waals surface area contributed by atoms with E-state index in [-0.39, 0.29) is 18.6 Å². The first-order chi connectivity index (χ1) is 6.69. The summed E-state index contributed by atoms with van der Waals surface area (Å²) >= 11 is 0. The van der Waals surface area contributed by atoms with Crippen molar-refractivity contribution in [2.75, 3.05) is 13.2 Å². The van der Waals surface area contributed by atoms with Gasteiger partial charge in [-0.15, -0.1) is 0 Å². The normalized spacial score (nSPS) is 28.1. The number of nitrogens with zero attached hydrogens (tertiary/aromatic N) is 1. The standard InChI is InChI=1S/C9H14N2O3/c1-2-6(3-10)9(13)11-7-4-14-5-8(7)12/h6-8,12H,2,4-5H2,1H3,(H,11,13). The molecule has 0 aromatic rings. The summed E-state index contributed by atoms with van der Waals surface area (Å²) < 4.78 is 4.97. The minimum Gasteiger partial charge on any atom is -0.388 e. The zero-order valence-electron chi connectivity index (χ0n) is 8.06. The van der Waals surface area contributed by atoms with Gasteiger partial charge in [-0.25, -0.2) is 0 Å². The summed E-state index contributed by atoms with van der Waals surface area (Å²) in [5, 5.41) is 20.6. The lowest BCUT2D eigenvalue weighted by atomic mass is 10.1. The fourth-order valence-corrected chi connectivity index (χ4v) is 1.30. The molecule has 2 N–H and O–H groups in total. The highest BCUT2D eigenvalue weighted by molar-refractivity contribution is 5.81. The van der Waals surface area contributed by atoms with Gasteiger partial charge in [0.2, 0.25) is 5.91 Å². The topological polar surface area (TPSA) is 82.4 Å². The number of carbonyl (C=O) groups is 1. The van der Waals surface area contributed by atoms with Crippen molar-refractivity contribution in [2.45, 2.75) is 25.5 Å². The molecule has 1 aliphatic heterocycles. The molecule has 3 atom stereocenters. The highest BCUT2D eigenvalue weighted by Gasteiger charge is 2.29. The molecule has 0 bridgehead atoms. The Labute approximate surface area is 82.7 Å². The van der Waals surface area contributed by atoms with Gasteiger partial charge in [0.1, 0.15) is 5.92 Å². The van der Waals surface area contributed by atoms with Crippen LogP contribution in [0.1, 0.15) is 13.3 Å². The van der Waals surface area contributed by atoms with E-state index in [1.165, 1.54) is 0 Å². The predicted octanol–water partition coefficient (Wildman–Crippen LogP) is -0.588. The number of aliphatic hydroxyl groups excluding tert-OH is 1. The molecule has 1 saturated heterocycles. The van der Waals surface area contributed by atoms with Gasteiger partial charge in [0, 0.05) is 0 Å². The lowest BCUT2D eigenvalue weighted by molar-refractivity contribution is -0.124. The van der Waals surface area contributed by atoms with Crippen LogP contribution in [0, 0.1) is 17.2 Å². The molecule has 0 aliphatic carbocycles. The number of aliphatic hydroxyl groups is 1. The van der Waals surface area contributed by atoms with Gasteiger partial charge >= 0.3 is 0 Å². The van der Waals surface area contributed by atoms with E-state index in [2.05, 4.69) is 5.32 Å². The van der Waals surface area contributed by atoms with Gasteiger partial charge < -0.3 is 15.2 Å². The van der Waals surface area contributed by atoms with Crippen molar-refractivity contribution in [3.63, 3.8) is 0 Å². The van der Waals surface area contributed by atoms with Crippen LogP contribution in [0.5, 0.6) is 0 Å². The first-order valence-corrected chi connectivity index (χ1v) is 4.64. The van der Waals surface area contributed by atoms with Crippen LogP contribution in [-0.4, -0.2) is 36.4 Å². The average Bonchev–Trinajstić information content (AvgIpc) is 2.54. The SMILES string of the molecule is CCC(C#N)C(=O)NC1COCC1O. The summed E-state index contributed by atoms with van der Waals surface area (Å²) in [7, 11) is 0. The maximum Gasteiger partial charge on any atom is 0.237 e. The van der Waals surface area contributed by atoms with Crippen molar-refractivity contribution in [2.24, 2.45) is 5.92 Å². The molecule has 1 rings (SSSR count). The summed E-state index contributed by atoms with van der Waals surface area (Å²) in [5.41, 5.74) is 0. The summed E-state index contributed by atoms with van der Waals surface area (Å²) in [6, 6.07) is 1.54. The first-order valence-electron chi connectivity index (χ1n) is 4.64. The molecule has 1 aliphatic rings. The molecule has 14 heavy (non-hydrogen) atoms. The van der Waals surface area contributed by atoms with Crippen molar-refractivity contribution in [1.82, 2.24) is 5.32 Å². The monoisotopic (exact) mass is 198 g/mol. The molecule has 0 saturated carbocycles. The Morgan fingerprint density at radius 2 is 2.50 bits per heavy atom. The fraction of sp³-hybridized carbons (Fsp3) is 0.778. The Morgan fingerprint density at radius 1 is 1.79 bits per heavy atom.